The van der Waals surface area contributed by atoms with Gasteiger partial charge in [-0.15, -0.1) is 0 Å². The van der Waals surface area contributed by atoms with E-state index in [-0.39, 0.29) is 22.2 Å². The van der Waals surface area contributed by atoms with Crippen molar-refractivity contribution in [3.8, 4) is 0 Å². The van der Waals surface area contributed by atoms with Crippen molar-refractivity contribution in [2.45, 2.75) is 19.4 Å². The first-order valence-corrected chi connectivity index (χ1v) is 8.87. The number of piperidine rings is 1. The van der Waals surface area contributed by atoms with Crippen molar-refractivity contribution in [2.75, 3.05) is 19.6 Å². The van der Waals surface area contributed by atoms with Crippen LogP contribution < -0.4 is 5.32 Å². The molecule has 2 aromatic rings. The van der Waals surface area contributed by atoms with Gasteiger partial charge in [-0.05, 0) is 50.0 Å². The van der Waals surface area contributed by atoms with Crippen LogP contribution in [0.25, 0.3) is 0 Å². The van der Waals surface area contributed by atoms with Gasteiger partial charge in [0.2, 0.25) is 0 Å². The highest BCUT2D eigenvalue weighted by Gasteiger charge is 2.21. The highest BCUT2D eigenvalue weighted by Crippen LogP contribution is 2.23. The number of carbonyl (C=O) groups is 1. The van der Waals surface area contributed by atoms with Crippen molar-refractivity contribution in [1.82, 2.24) is 10.2 Å². The molecule has 1 N–H and O–H groups in total. The van der Waals surface area contributed by atoms with E-state index in [0.717, 1.165) is 38.2 Å². The number of halogens is 1. The number of hydrogen-bond donors (Lipinski definition) is 1. The SMILES string of the molecule is O=C(NCC1CCN(Cc2ccco2)CC1)c1ccc([N+](=O)[O-])cc1Cl. The van der Waals surface area contributed by atoms with E-state index in [1.165, 1.54) is 18.2 Å². The molecule has 1 fully saturated rings. The molecule has 8 heteroatoms. The lowest BCUT2D eigenvalue weighted by atomic mass is 9.96. The summed E-state index contributed by atoms with van der Waals surface area (Å²) >= 11 is 6.00. The normalized spacial score (nSPS) is 15.7. The number of furan rings is 1. The summed E-state index contributed by atoms with van der Waals surface area (Å²) in [4.78, 5) is 24.8. The van der Waals surface area contributed by atoms with Gasteiger partial charge in [-0.25, -0.2) is 0 Å². The van der Waals surface area contributed by atoms with Crippen molar-refractivity contribution >= 4 is 23.2 Å². The lowest BCUT2D eigenvalue weighted by Crippen LogP contribution is -2.38. The van der Waals surface area contributed by atoms with E-state index >= 15 is 0 Å². The first-order valence-electron chi connectivity index (χ1n) is 8.50. The highest BCUT2D eigenvalue weighted by molar-refractivity contribution is 6.34. The fourth-order valence-corrected chi connectivity index (χ4v) is 3.37. The molecule has 2 heterocycles. The summed E-state index contributed by atoms with van der Waals surface area (Å²) in [6.07, 6.45) is 3.67. The summed E-state index contributed by atoms with van der Waals surface area (Å²) < 4.78 is 5.37. The monoisotopic (exact) mass is 377 g/mol. The van der Waals surface area contributed by atoms with Gasteiger partial charge in [0.05, 0.1) is 28.3 Å². The number of rotatable bonds is 6. The predicted octanol–water partition coefficient (Wildman–Crippen LogP) is 3.48. The average Bonchev–Trinajstić information content (AvgIpc) is 3.13. The summed E-state index contributed by atoms with van der Waals surface area (Å²) in [6, 6.07) is 7.74. The molecule has 1 aliphatic heterocycles. The van der Waals surface area contributed by atoms with Crippen LogP contribution in [0, 0.1) is 16.0 Å². The van der Waals surface area contributed by atoms with Crippen molar-refractivity contribution in [2.24, 2.45) is 5.92 Å². The Labute approximate surface area is 156 Å². The van der Waals surface area contributed by atoms with E-state index in [1.807, 2.05) is 12.1 Å². The Morgan fingerprint density at radius 3 is 2.73 bits per heavy atom. The fourth-order valence-electron chi connectivity index (χ4n) is 3.11. The number of hydrogen-bond acceptors (Lipinski definition) is 5. The third-order valence-electron chi connectivity index (χ3n) is 4.63. The first kappa shape index (κ1) is 18.4. The Bertz CT molecular complexity index is 771. The minimum Gasteiger partial charge on any atom is -0.468 e. The number of non-ortho nitro benzene ring substituents is 1. The molecule has 0 atom stereocenters. The van der Waals surface area contributed by atoms with Crippen LogP contribution in [-0.2, 0) is 6.54 Å². The van der Waals surface area contributed by atoms with Gasteiger partial charge in [0, 0.05) is 18.7 Å². The number of amides is 1. The van der Waals surface area contributed by atoms with Crippen molar-refractivity contribution in [3.05, 3.63) is 63.1 Å². The zero-order chi connectivity index (χ0) is 18.5. The maximum atomic E-state index is 12.3. The number of nitro groups is 1. The number of benzene rings is 1. The van der Waals surface area contributed by atoms with Crippen LogP contribution in [0.4, 0.5) is 5.69 Å². The summed E-state index contributed by atoms with van der Waals surface area (Å²) in [5.41, 5.74) is 0.128. The van der Waals surface area contributed by atoms with Gasteiger partial charge in [-0.1, -0.05) is 11.6 Å². The average molecular weight is 378 g/mol. The molecule has 26 heavy (non-hydrogen) atoms. The smallest absolute Gasteiger partial charge is 0.270 e. The lowest BCUT2D eigenvalue weighted by molar-refractivity contribution is -0.384. The number of nitrogens with zero attached hydrogens (tertiary/aromatic N) is 2. The third kappa shape index (κ3) is 4.62. The molecule has 1 amide bonds. The first-order chi connectivity index (χ1) is 12.5. The maximum absolute atomic E-state index is 12.3. The zero-order valence-electron chi connectivity index (χ0n) is 14.2. The van der Waals surface area contributed by atoms with Crippen LogP contribution in [0.2, 0.25) is 5.02 Å². The summed E-state index contributed by atoms with van der Waals surface area (Å²) in [5, 5.41) is 13.7. The molecule has 0 bridgehead atoms. The Morgan fingerprint density at radius 2 is 2.12 bits per heavy atom. The minimum atomic E-state index is -0.538. The van der Waals surface area contributed by atoms with Crippen LogP contribution in [0.15, 0.2) is 41.0 Å². The van der Waals surface area contributed by atoms with Gasteiger partial charge in [0.15, 0.2) is 0 Å². The van der Waals surface area contributed by atoms with Crippen LogP contribution in [-0.4, -0.2) is 35.4 Å². The number of likely N-dealkylation sites (tertiary alicyclic amines) is 1. The second-order valence-electron chi connectivity index (χ2n) is 6.43. The molecule has 0 radical (unpaired) electrons. The zero-order valence-corrected chi connectivity index (χ0v) is 14.9. The molecule has 0 unspecified atom stereocenters. The Kier molecular flexibility index (Phi) is 5.90. The van der Waals surface area contributed by atoms with Gasteiger partial charge in [-0.3, -0.25) is 19.8 Å². The number of carbonyl (C=O) groups excluding carboxylic acids is 1. The molecule has 1 aromatic carbocycles. The van der Waals surface area contributed by atoms with Crippen LogP contribution >= 0.6 is 11.6 Å². The highest BCUT2D eigenvalue weighted by atomic mass is 35.5. The molecule has 3 rings (SSSR count). The van der Waals surface area contributed by atoms with E-state index in [9.17, 15) is 14.9 Å². The standard InChI is InChI=1S/C18H20ClN3O4/c19-17-10-14(22(24)25)3-4-16(17)18(23)20-11-13-5-7-21(8-6-13)12-15-2-1-9-26-15/h1-4,9-10,13H,5-8,11-12H2,(H,20,23). The molecule has 0 aliphatic carbocycles. The van der Waals surface area contributed by atoms with Crippen molar-refractivity contribution in [3.63, 3.8) is 0 Å². The largest absolute Gasteiger partial charge is 0.468 e. The third-order valence-corrected chi connectivity index (χ3v) is 4.94. The second-order valence-corrected chi connectivity index (χ2v) is 6.84. The van der Waals surface area contributed by atoms with E-state index in [1.54, 1.807) is 6.26 Å². The molecular weight excluding hydrogens is 358 g/mol. The maximum Gasteiger partial charge on any atom is 0.270 e. The van der Waals surface area contributed by atoms with E-state index < -0.39 is 4.92 Å². The van der Waals surface area contributed by atoms with Crippen molar-refractivity contribution < 1.29 is 14.1 Å². The topological polar surface area (TPSA) is 88.6 Å². The quantitative estimate of drug-likeness (QED) is 0.615. The number of nitrogens with one attached hydrogen (secondary N) is 1. The molecular formula is C18H20ClN3O4. The lowest BCUT2D eigenvalue weighted by Gasteiger charge is -2.31. The molecule has 138 valence electrons. The van der Waals surface area contributed by atoms with Crippen molar-refractivity contribution in [1.29, 1.82) is 0 Å². The molecule has 1 saturated heterocycles. The molecule has 1 aliphatic rings. The fraction of sp³-hybridized carbons (Fsp3) is 0.389. The van der Waals surface area contributed by atoms with E-state index in [2.05, 4.69) is 10.2 Å². The van der Waals surface area contributed by atoms with Gasteiger partial charge in [0.1, 0.15) is 5.76 Å². The van der Waals surface area contributed by atoms with E-state index in [4.69, 9.17) is 16.0 Å². The van der Waals surface area contributed by atoms with Gasteiger partial charge in [0.25, 0.3) is 11.6 Å². The summed E-state index contributed by atoms with van der Waals surface area (Å²) in [6.45, 7) is 3.30. The summed E-state index contributed by atoms with van der Waals surface area (Å²) in [7, 11) is 0. The molecule has 7 nitrogen and oxygen atoms in total. The minimum absolute atomic E-state index is 0.0879. The number of nitro benzene ring substituents is 1. The Hall–Kier alpha value is -2.38. The van der Waals surface area contributed by atoms with Crippen LogP contribution in [0.1, 0.15) is 29.0 Å². The van der Waals surface area contributed by atoms with Gasteiger partial charge >= 0.3 is 0 Å². The van der Waals surface area contributed by atoms with Gasteiger partial charge < -0.3 is 9.73 Å². The summed E-state index contributed by atoms with van der Waals surface area (Å²) in [5.74, 6) is 1.07. The van der Waals surface area contributed by atoms with E-state index in [0.29, 0.717) is 12.5 Å². The molecule has 0 saturated carbocycles. The second kappa shape index (κ2) is 8.33. The predicted molar refractivity (Wildman–Crippen MR) is 97.1 cm³/mol. The van der Waals surface area contributed by atoms with Gasteiger partial charge in [-0.2, -0.15) is 0 Å². The Balaban J connectivity index is 1.46. The Morgan fingerprint density at radius 1 is 1.35 bits per heavy atom. The van der Waals surface area contributed by atoms with Crippen LogP contribution in [0.3, 0.4) is 0 Å². The molecule has 0 spiro atoms. The molecule has 1 aromatic heterocycles. The van der Waals surface area contributed by atoms with Crippen LogP contribution in [0.5, 0.6) is 0 Å².